The van der Waals surface area contributed by atoms with Crippen LogP contribution in [0.15, 0.2) is 30.3 Å². The van der Waals surface area contributed by atoms with Gasteiger partial charge in [-0.15, -0.1) is 0 Å². The zero-order valence-corrected chi connectivity index (χ0v) is 17.4. The number of Topliss-reactive ketones (excluding diaryl/α,β-unsaturated/α-hetero) is 1. The Morgan fingerprint density at radius 2 is 1.69 bits per heavy atom. The quantitative estimate of drug-likeness (QED) is 0.826. The lowest BCUT2D eigenvalue weighted by Crippen LogP contribution is -2.59. The highest BCUT2D eigenvalue weighted by Crippen LogP contribution is 2.43. The molecule has 0 bridgehead atoms. The number of nitrogens with zero attached hydrogens (tertiary/aromatic N) is 3. The van der Waals surface area contributed by atoms with Gasteiger partial charge in [0.2, 0.25) is 0 Å². The Bertz CT molecular complexity index is 730. The molecule has 4 rings (SSSR count). The molecule has 3 fully saturated rings. The lowest BCUT2D eigenvalue weighted by Gasteiger charge is -2.44. The van der Waals surface area contributed by atoms with Gasteiger partial charge in [0, 0.05) is 38.8 Å². The van der Waals surface area contributed by atoms with Crippen molar-refractivity contribution in [1.29, 1.82) is 0 Å². The van der Waals surface area contributed by atoms with Crippen LogP contribution in [0.5, 0.6) is 0 Å². The summed E-state index contributed by atoms with van der Waals surface area (Å²) in [6, 6.07) is 9.65. The number of hydrogen-bond acceptors (Lipinski definition) is 4. The van der Waals surface area contributed by atoms with Gasteiger partial charge in [-0.1, -0.05) is 36.8 Å². The SMILES string of the molecule is CC1CN(C(=O)N2CCCC2)CCN1CC(=O)C(O)(c1ccccc1)C1CCC1. The number of benzene rings is 1. The van der Waals surface area contributed by atoms with E-state index in [0.29, 0.717) is 25.2 Å². The van der Waals surface area contributed by atoms with E-state index in [-0.39, 0.29) is 30.3 Å². The monoisotopic (exact) mass is 399 g/mol. The molecule has 0 radical (unpaired) electrons. The van der Waals surface area contributed by atoms with Crippen LogP contribution in [0, 0.1) is 5.92 Å². The number of ketones is 1. The molecule has 1 N–H and O–H groups in total. The first-order chi connectivity index (χ1) is 14.0. The van der Waals surface area contributed by atoms with E-state index in [1.807, 2.05) is 40.1 Å². The molecule has 2 aliphatic heterocycles. The molecule has 2 unspecified atom stereocenters. The normalized spacial score (nSPS) is 25.5. The van der Waals surface area contributed by atoms with Crippen LogP contribution in [0.2, 0.25) is 0 Å². The highest BCUT2D eigenvalue weighted by Gasteiger charge is 2.48. The molecule has 1 aromatic rings. The summed E-state index contributed by atoms with van der Waals surface area (Å²) in [5.41, 5.74) is -0.688. The van der Waals surface area contributed by atoms with E-state index in [1.54, 1.807) is 0 Å². The first-order valence-corrected chi connectivity index (χ1v) is 11.1. The maximum absolute atomic E-state index is 13.4. The third-order valence-electron chi connectivity index (χ3n) is 7.09. The maximum Gasteiger partial charge on any atom is 0.320 e. The average molecular weight is 400 g/mol. The number of carbonyl (C=O) groups excluding carboxylic acids is 2. The van der Waals surface area contributed by atoms with Crippen LogP contribution >= 0.6 is 0 Å². The maximum atomic E-state index is 13.4. The van der Waals surface area contributed by atoms with Crippen LogP contribution in [0.3, 0.4) is 0 Å². The van der Waals surface area contributed by atoms with Gasteiger partial charge in [-0.25, -0.2) is 4.79 Å². The molecular formula is C23H33N3O3. The lowest BCUT2D eigenvalue weighted by molar-refractivity contribution is -0.151. The molecular weight excluding hydrogens is 366 g/mol. The van der Waals surface area contributed by atoms with Gasteiger partial charge in [0.05, 0.1) is 6.54 Å². The minimum Gasteiger partial charge on any atom is -0.377 e. The van der Waals surface area contributed by atoms with Crippen molar-refractivity contribution < 1.29 is 14.7 Å². The van der Waals surface area contributed by atoms with Crippen LogP contribution < -0.4 is 0 Å². The Kier molecular flexibility index (Phi) is 5.93. The van der Waals surface area contributed by atoms with Crippen molar-refractivity contribution in [2.45, 2.75) is 50.7 Å². The Morgan fingerprint density at radius 3 is 2.28 bits per heavy atom. The van der Waals surface area contributed by atoms with Crippen molar-refractivity contribution in [3.8, 4) is 0 Å². The van der Waals surface area contributed by atoms with Gasteiger partial charge in [0.25, 0.3) is 0 Å². The lowest BCUT2D eigenvalue weighted by atomic mass is 9.67. The Balaban J connectivity index is 1.41. The predicted molar refractivity (Wildman–Crippen MR) is 111 cm³/mol. The first kappa shape index (κ1) is 20.4. The summed E-state index contributed by atoms with van der Waals surface area (Å²) in [6.45, 7) is 5.96. The van der Waals surface area contributed by atoms with Crippen molar-refractivity contribution in [1.82, 2.24) is 14.7 Å². The summed E-state index contributed by atoms with van der Waals surface area (Å²) in [4.78, 5) is 32.0. The number of aliphatic hydroxyl groups is 1. The van der Waals surface area contributed by atoms with E-state index in [2.05, 4.69) is 11.8 Å². The van der Waals surface area contributed by atoms with Crippen molar-refractivity contribution in [2.24, 2.45) is 5.92 Å². The summed E-state index contributed by atoms with van der Waals surface area (Å²) in [6.07, 6.45) is 5.04. The minimum atomic E-state index is -1.40. The van der Waals surface area contributed by atoms with Crippen molar-refractivity contribution >= 4 is 11.8 Å². The van der Waals surface area contributed by atoms with Gasteiger partial charge in [0.1, 0.15) is 0 Å². The minimum absolute atomic E-state index is 0.00531. The number of likely N-dealkylation sites (tertiary alicyclic amines) is 1. The van der Waals surface area contributed by atoms with E-state index >= 15 is 0 Å². The van der Waals surface area contributed by atoms with Gasteiger partial charge in [-0.2, -0.15) is 0 Å². The Hall–Kier alpha value is -1.92. The molecule has 6 heteroatoms. The van der Waals surface area contributed by atoms with Crippen molar-refractivity contribution in [3.05, 3.63) is 35.9 Å². The second-order valence-corrected chi connectivity index (χ2v) is 8.93. The molecule has 1 saturated carbocycles. The molecule has 1 aliphatic carbocycles. The van der Waals surface area contributed by atoms with Crippen LogP contribution in [0.1, 0.15) is 44.6 Å². The summed E-state index contributed by atoms with van der Waals surface area (Å²) in [5, 5.41) is 11.5. The number of hydrogen-bond donors (Lipinski definition) is 1. The van der Waals surface area contributed by atoms with Gasteiger partial charge < -0.3 is 14.9 Å². The van der Waals surface area contributed by atoms with Crippen molar-refractivity contribution in [3.63, 3.8) is 0 Å². The smallest absolute Gasteiger partial charge is 0.320 e. The standard InChI is InChI=1S/C23H33N3O3/c1-18-16-26(22(28)24-12-5-6-13-24)15-14-25(18)17-21(27)23(29,20-10-7-11-20)19-8-3-2-4-9-19/h2-4,8-9,18,20,29H,5-7,10-17H2,1H3. The van der Waals surface area contributed by atoms with Gasteiger partial charge in [-0.3, -0.25) is 9.69 Å². The zero-order chi connectivity index (χ0) is 20.4. The van der Waals surface area contributed by atoms with Crippen LogP contribution in [-0.2, 0) is 10.4 Å². The molecule has 6 nitrogen and oxygen atoms in total. The third-order valence-corrected chi connectivity index (χ3v) is 7.09. The zero-order valence-electron chi connectivity index (χ0n) is 17.4. The van der Waals surface area contributed by atoms with Crippen LogP contribution in [0.25, 0.3) is 0 Å². The Labute approximate surface area is 173 Å². The summed E-state index contributed by atoms with van der Waals surface area (Å²) < 4.78 is 0. The van der Waals surface area contributed by atoms with Crippen molar-refractivity contribution in [2.75, 3.05) is 39.3 Å². The summed E-state index contributed by atoms with van der Waals surface area (Å²) in [5.74, 6) is -0.106. The number of rotatable bonds is 5. The van der Waals surface area contributed by atoms with E-state index in [9.17, 15) is 14.7 Å². The van der Waals surface area contributed by atoms with Crippen LogP contribution in [0.4, 0.5) is 4.79 Å². The van der Waals surface area contributed by atoms with E-state index < -0.39 is 5.60 Å². The fourth-order valence-corrected chi connectivity index (χ4v) is 4.96. The summed E-state index contributed by atoms with van der Waals surface area (Å²) in [7, 11) is 0. The molecule has 3 aliphatic rings. The van der Waals surface area contributed by atoms with Crippen LogP contribution in [-0.4, -0.2) is 76.9 Å². The molecule has 158 valence electrons. The van der Waals surface area contributed by atoms with E-state index in [4.69, 9.17) is 0 Å². The fourth-order valence-electron chi connectivity index (χ4n) is 4.96. The van der Waals surface area contributed by atoms with Gasteiger partial charge in [0.15, 0.2) is 11.4 Å². The topological polar surface area (TPSA) is 64.1 Å². The molecule has 2 atom stereocenters. The predicted octanol–water partition coefficient (Wildman–Crippen LogP) is 2.47. The van der Waals surface area contributed by atoms with Gasteiger partial charge >= 0.3 is 6.03 Å². The molecule has 0 spiro atoms. The number of urea groups is 1. The fraction of sp³-hybridized carbons (Fsp3) is 0.652. The second-order valence-electron chi connectivity index (χ2n) is 8.93. The molecule has 1 aromatic carbocycles. The highest BCUT2D eigenvalue weighted by atomic mass is 16.3. The number of carbonyl (C=O) groups is 2. The Morgan fingerprint density at radius 1 is 1.00 bits per heavy atom. The second kappa shape index (κ2) is 8.44. The van der Waals surface area contributed by atoms with E-state index in [1.165, 1.54) is 0 Å². The molecule has 2 amide bonds. The number of amides is 2. The highest BCUT2D eigenvalue weighted by molar-refractivity contribution is 5.90. The molecule has 0 aromatic heterocycles. The number of piperazine rings is 1. The molecule has 2 heterocycles. The first-order valence-electron chi connectivity index (χ1n) is 11.1. The average Bonchev–Trinajstić information content (AvgIpc) is 3.23. The largest absolute Gasteiger partial charge is 0.377 e. The van der Waals surface area contributed by atoms with E-state index in [0.717, 1.165) is 45.2 Å². The molecule has 29 heavy (non-hydrogen) atoms. The third kappa shape index (κ3) is 3.92. The van der Waals surface area contributed by atoms with Gasteiger partial charge in [-0.05, 0) is 44.1 Å². The summed E-state index contributed by atoms with van der Waals surface area (Å²) >= 11 is 0. The molecule has 2 saturated heterocycles.